The molecule has 0 saturated carbocycles. The van der Waals surface area contributed by atoms with Crippen LogP contribution in [0.1, 0.15) is 11.1 Å². The Kier molecular flexibility index (Phi) is 5.69. The Hall–Kier alpha value is -1.55. The van der Waals surface area contributed by atoms with E-state index in [9.17, 15) is 18.5 Å². The minimum Gasteiger partial charge on any atom is -0.314 e. The molecule has 2 N–H and O–H groups in total. The smallest absolute Gasteiger partial charge is 0.292 e. The summed E-state index contributed by atoms with van der Waals surface area (Å²) in [7, 11) is -3.92. The molecule has 1 aromatic rings. The summed E-state index contributed by atoms with van der Waals surface area (Å²) < 4.78 is 27.5. The van der Waals surface area contributed by atoms with Gasteiger partial charge >= 0.3 is 0 Å². The maximum atomic E-state index is 12.5. The zero-order valence-electron chi connectivity index (χ0n) is 13.3. The van der Waals surface area contributed by atoms with Gasteiger partial charge in [0.15, 0.2) is 4.90 Å². The molecule has 9 heteroatoms. The number of nitrogens with one attached hydrogen (secondary N) is 2. The van der Waals surface area contributed by atoms with Crippen molar-refractivity contribution in [3.8, 4) is 0 Å². The van der Waals surface area contributed by atoms with E-state index in [0.717, 1.165) is 26.2 Å². The molecule has 0 atom stereocenters. The molecule has 128 valence electrons. The first kappa shape index (κ1) is 17.8. The standard InChI is InChI=1S/C14H22N4O4S/c1-11-3-4-12(2)14(13(11)18(19)20)23(21,22)16-7-10-17-8-5-15-6-9-17/h3-4,15-16H,5-10H2,1-2H3. The van der Waals surface area contributed by atoms with Crippen molar-refractivity contribution in [2.45, 2.75) is 18.7 Å². The van der Waals surface area contributed by atoms with E-state index in [1.807, 2.05) is 0 Å². The average Bonchev–Trinajstić information content (AvgIpc) is 2.49. The second-order valence-corrected chi connectivity index (χ2v) is 7.33. The number of aryl methyl sites for hydroxylation is 2. The summed E-state index contributed by atoms with van der Waals surface area (Å²) in [4.78, 5) is 12.5. The first-order valence-electron chi connectivity index (χ1n) is 7.50. The summed E-state index contributed by atoms with van der Waals surface area (Å²) in [6.07, 6.45) is 0. The van der Waals surface area contributed by atoms with Crippen molar-refractivity contribution in [1.29, 1.82) is 0 Å². The van der Waals surface area contributed by atoms with Gasteiger partial charge in [0.25, 0.3) is 5.69 Å². The Labute approximate surface area is 136 Å². The van der Waals surface area contributed by atoms with E-state index < -0.39 is 14.9 Å². The normalized spacial score (nSPS) is 16.4. The second-order valence-electron chi connectivity index (χ2n) is 5.62. The Balaban J connectivity index is 2.16. The van der Waals surface area contributed by atoms with Crippen molar-refractivity contribution in [3.63, 3.8) is 0 Å². The van der Waals surface area contributed by atoms with Gasteiger partial charge in [-0.2, -0.15) is 0 Å². The molecular formula is C14H22N4O4S. The first-order chi connectivity index (χ1) is 10.8. The highest BCUT2D eigenvalue weighted by Gasteiger charge is 2.29. The van der Waals surface area contributed by atoms with Crippen LogP contribution in [0.2, 0.25) is 0 Å². The monoisotopic (exact) mass is 342 g/mol. The van der Waals surface area contributed by atoms with E-state index in [0.29, 0.717) is 17.7 Å². The molecule has 1 aromatic carbocycles. The summed E-state index contributed by atoms with van der Waals surface area (Å²) in [6, 6.07) is 3.15. The maximum absolute atomic E-state index is 12.5. The van der Waals surface area contributed by atoms with Gasteiger partial charge in [0.2, 0.25) is 10.0 Å². The molecule has 0 radical (unpaired) electrons. The van der Waals surface area contributed by atoms with Gasteiger partial charge in [-0.15, -0.1) is 0 Å². The third-order valence-electron chi connectivity index (χ3n) is 3.91. The quantitative estimate of drug-likeness (QED) is 0.573. The minimum atomic E-state index is -3.92. The zero-order valence-corrected chi connectivity index (χ0v) is 14.1. The lowest BCUT2D eigenvalue weighted by molar-refractivity contribution is -0.388. The Morgan fingerprint density at radius 1 is 1.26 bits per heavy atom. The molecule has 0 bridgehead atoms. The molecule has 1 saturated heterocycles. The van der Waals surface area contributed by atoms with E-state index in [2.05, 4.69) is 14.9 Å². The molecule has 1 aliphatic heterocycles. The topological polar surface area (TPSA) is 105 Å². The van der Waals surface area contributed by atoms with E-state index in [-0.39, 0.29) is 17.1 Å². The van der Waals surface area contributed by atoms with Gasteiger partial charge in [0.05, 0.1) is 4.92 Å². The Bertz CT molecular complexity index is 684. The van der Waals surface area contributed by atoms with Gasteiger partial charge in [0, 0.05) is 44.8 Å². The van der Waals surface area contributed by atoms with Crippen LogP contribution in [0, 0.1) is 24.0 Å². The van der Waals surface area contributed by atoms with Crippen LogP contribution in [0.4, 0.5) is 5.69 Å². The van der Waals surface area contributed by atoms with Crippen LogP contribution in [-0.2, 0) is 10.0 Å². The molecule has 1 fully saturated rings. The lowest BCUT2D eigenvalue weighted by atomic mass is 10.1. The van der Waals surface area contributed by atoms with E-state index in [1.165, 1.54) is 6.92 Å². The maximum Gasteiger partial charge on any atom is 0.292 e. The van der Waals surface area contributed by atoms with E-state index in [4.69, 9.17) is 0 Å². The number of nitro groups is 1. The second kappa shape index (κ2) is 7.35. The molecule has 8 nitrogen and oxygen atoms in total. The van der Waals surface area contributed by atoms with Crippen LogP contribution in [0.15, 0.2) is 17.0 Å². The molecule has 2 rings (SSSR count). The molecule has 0 spiro atoms. The molecule has 23 heavy (non-hydrogen) atoms. The van der Waals surface area contributed by atoms with Crippen LogP contribution in [0.25, 0.3) is 0 Å². The highest BCUT2D eigenvalue weighted by Crippen LogP contribution is 2.30. The third kappa shape index (κ3) is 4.25. The summed E-state index contributed by atoms with van der Waals surface area (Å²) in [5, 5.41) is 14.5. The molecular weight excluding hydrogens is 320 g/mol. The Morgan fingerprint density at radius 2 is 1.87 bits per heavy atom. The number of hydrogen-bond donors (Lipinski definition) is 2. The largest absolute Gasteiger partial charge is 0.314 e. The van der Waals surface area contributed by atoms with Crippen molar-refractivity contribution in [1.82, 2.24) is 14.9 Å². The summed E-state index contributed by atoms with van der Waals surface area (Å²) in [5.74, 6) is 0. The molecule has 0 amide bonds. The number of benzene rings is 1. The van der Waals surface area contributed by atoms with Gasteiger partial charge in [-0.05, 0) is 19.4 Å². The zero-order chi connectivity index (χ0) is 17.0. The lowest BCUT2D eigenvalue weighted by Gasteiger charge is -2.27. The number of hydrogen-bond acceptors (Lipinski definition) is 6. The number of rotatable bonds is 6. The van der Waals surface area contributed by atoms with Gasteiger partial charge in [-0.1, -0.05) is 12.1 Å². The highest BCUT2D eigenvalue weighted by atomic mass is 32.2. The first-order valence-corrected chi connectivity index (χ1v) is 8.98. The van der Waals surface area contributed by atoms with Gasteiger partial charge in [0.1, 0.15) is 0 Å². The van der Waals surface area contributed by atoms with Crippen LogP contribution in [-0.4, -0.2) is 57.5 Å². The fourth-order valence-corrected chi connectivity index (χ4v) is 4.17. The van der Waals surface area contributed by atoms with Crippen molar-refractivity contribution >= 4 is 15.7 Å². The predicted molar refractivity (Wildman–Crippen MR) is 87.1 cm³/mol. The highest BCUT2D eigenvalue weighted by molar-refractivity contribution is 7.89. The van der Waals surface area contributed by atoms with Gasteiger partial charge in [-0.3, -0.25) is 15.0 Å². The molecule has 1 aliphatic rings. The van der Waals surface area contributed by atoms with Gasteiger partial charge in [-0.25, -0.2) is 13.1 Å². The van der Waals surface area contributed by atoms with Crippen LogP contribution < -0.4 is 10.0 Å². The fourth-order valence-electron chi connectivity index (χ4n) is 2.68. The average molecular weight is 342 g/mol. The van der Waals surface area contributed by atoms with Crippen LogP contribution >= 0.6 is 0 Å². The van der Waals surface area contributed by atoms with Crippen molar-refractivity contribution in [3.05, 3.63) is 33.4 Å². The Morgan fingerprint density at radius 3 is 2.48 bits per heavy atom. The fraction of sp³-hybridized carbons (Fsp3) is 0.571. The molecule has 0 aliphatic carbocycles. The molecule has 1 heterocycles. The molecule has 0 aromatic heterocycles. The summed E-state index contributed by atoms with van der Waals surface area (Å²) >= 11 is 0. The van der Waals surface area contributed by atoms with Crippen molar-refractivity contribution < 1.29 is 13.3 Å². The van der Waals surface area contributed by atoms with Crippen molar-refractivity contribution in [2.75, 3.05) is 39.3 Å². The predicted octanol–water partition coefficient (Wildman–Crippen LogP) is 0.395. The van der Waals surface area contributed by atoms with E-state index in [1.54, 1.807) is 19.1 Å². The van der Waals surface area contributed by atoms with E-state index >= 15 is 0 Å². The number of piperazine rings is 1. The number of sulfonamides is 1. The van der Waals surface area contributed by atoms with Gasteiger partial charge < -0.3 is 5.32 Å². The number of nitrogens with zero attached hydrogens (tertiary/aromatic N) is 2. The van der Waals surface area contributed by atoms with Crippen molar-refractivity contribution in [2.24, 2.45) is 0 Å². The lowest BCUT2D eigenvalue weighted by Crippen LogP contribution is -2.46. The summed E-state index contributed by atoms with van der Waals surface area (Å²) in [6.45, 7) is 7.42. The summed E-state index contributed by atoms with van der Waals surface area (Å²) in [5.41, 5.74) is 0.361. The molecule has 0 unspecified atom stereocenters. The van der Waals surface area contributed by atoms with Crippen LogP contribution in [0.3, 0.4) is 0 Å². The van der Waals surface area contributed by atoms with Crippen LogP contribution in [0.5, 0.6) is 0 Å². The SMILES string of the molecule is Cc1ccc(C)c(S(=O)(=O)NCCN2CCNCC2)c1[N+](=O)[O-]. The third-order valence-corrected chi connectivity index (χ3v) is 5.55. The number of nitro benzene ring substituents is 1. The minimum absolute atomic E-state index is 0.229.